The molecule has 1 atom stereocenters. The summed E-state index contributed by atoms with van der Waals surface area (Å²) in [5, 5.41) is 12.3. The molecular formula is C15H28N2O3. The first-order chi connectivity index (χ1) is 9.46. The van der Waals surface area contributed by atoms with Crippen molar-refractivity contribution < 1.29 is 14.7 Å². The first-order valence-corrected chi connectivity index (χ1v) is 7.72. The minimum absolute atomic E-state index is 0.0535. The number of piperidine rings is 1. The maximum Gasteiger partial charge on any atom is 0.309 e. The summed E-state index contributed by atoms with van der Waals surface area (Å²) in [7, 11) is 0. The number of amides is 1. The molecule has 1 aliphatic rings. The van der Waals surface area contributed by atoms with Gasteiger partial charge in [-0.05, 0) is 32.6 Å². The fourth-order valence-electron chi connectivity index (χ4n) is 2.76. The second-order valence-electron chi connectivity index (χ2n) is 5.80. The fraction of sp³-hybridized carbons (Fsp3) is 0.867. The number of aliphatic carboxylic acids is 1. The van der Waals surface area contributed by atoms with Crippen LogP contribution in [0.3, 0.4) is 0 Å². The number of hydrogen-bond acceptors (Lipinski definition) is 3. The maximum atomic E-state index is 12.0. The second-order valence-corrected chi connectivity index (χ2v) is 5.80. The monoisotopic (exact) mass is 284 g/mol. The lowest BCUT2D eigenvalue weighted by molar-refractivity contribution is -0.152. The number of hydrogen-bond donors (Lipinski definition) is 2. The molecule has 0 radical (unpaired) electrons. The Morgan fingerprint density at radius 1 is 1.30 bits per heavy atom. The lowest BCUT2D eigenvalue weighted by Crippen LogP contribution is -2.51. The van der Waals surface area contributed by atoms with Crippen LogP contribution < -0.4 is 5.32 Å². The first-order valence-electron chi connectivity index (χ1n) is 7.72. The van der Waals surface area contributed by atoms with Crippen LogP contribution in [0.5, 0.6) is 0 Å². The Kier molecular flexibility index (Phi) is 6.46. The Morgan fingerprint density at radius 3 is 2.35 bits per heavy atom. The molecule has 0 aliphatic carbocycles. The van der Waals surface area contributed by atoms with Crippen LogP contribution in [0.15, 0.2) is 0 Å². The number of unbranched alkanes of at least 4 members (excludes halogenated alkanes) is 1. The SMILES string of the molecule is CCCCNC(=O)C(C)N1CCC(CC)(C(=O)O)CC1. The number of nitrogens with one attached hydrogen (secondary N) is 1. The number of rotatable bonds is 7. The highest BCUT2D eigenvalue weighted by molar-refractivity contribution is 5.81. The van der Waals surface area contributed by atoms with Gasteiger partial charge in [-0.15, -0.1) is 0 Å². The molecule has 0 aromatic carbocycles. The van der Waals surface area contributed by atoms with Crippen LogP contribution >= 0.6 is 0 Å². The normalized spacial score (nSPS) is 20.4. The van der Waals surface area contributed by atoms with Crippen LogP contribution in [-0.2, 0) is 9.59 Å². The summed E-state index contributed by atoms with van der Waals surface area (Å²) in [4.78, 5) is 25.5. The predicted molar refractivity (Wildman–Crippen MR) is 78.5 cm³/mol. The molecule has 1 amide bonds. The van der Waals surface area contributed by atoms with Crippen molar-refractivity contribution in [1.29, 1.82) is 0 Å². The Bertz CT molecular complexity index is 336. The van der Waals surface area contributed by atoms with E-state index in [-0.39, 0.29) is 11.9 Å². The Hall–Kier alpha value is -1.10. The standard InChI is InChI=1S/C15H28N2O3/c1-4-6-9-16-13(18)12(3)17-10-7-15(5-2,8-11-17)14(19)20/h12H,4-11H2,1-3H3,(H,16,18)(H,19,20). The van der Waals surface area contributed by atoms with Crippen LogP contribution in [0, 0.1) is 5.41 Å². The molecule has 1 saturated heterocycles. The average Bonchev–Trinajstić information content (AvgIpc) is 2.46. The number of carboxylic acid groups (broad SMARTS) is 1. The molecule has 1 unspecified atom stereocenters. The number of nitrogens with zero attached hydrogens (tertiary/aromatic N) is 1. The van der Waals surface area contributed by atoms with Gasteiger partial charge in [0.25, 0.3) is 0 Å². The van der Waals surface area contributed by atoms with E-state index < -0.39 is 11.4 Å². The summed E-state index contributed by atoms with van der Waals surface area (Å²) in [6.07, 6.45) is 3.98. The zero-order valence-electron chi connectivity index (χ0n) is 12.9. The summed E-state index contributed by atoms with van der Waals surface area (Å²) in [6.45, 7) is 8.02. The third-order valence-corrected chi connectivity index (χ3v) is 4.64. The highest BCUT2D eigenvalue weighted by atomic mass is 16.4. The summed E-state index contributed by atoms with van der Waals surface area (Å²) in [6, 6.07) is -0.171. The summed E-state index contributed by atoms with van der Waals surface area (Å²) in [5.41, 5.74) is -0.588. The average molecular weight is 284 g/mol. The smallest absolute Gasteiger partial charge is 0.309 e. The van der Waals surface area contributed by atoms with Crippen LogP contribution in [0.2, 0.25) is 0 Å². The number of carbonyl (C=O) groups is 2. The number of carbonyl (C=O) groups excluding carboxylic acids is 1. The molecule has 20 heavy (non-hydrogen) atoms. The second kappa shape index (κ2) is 7.62. The Labute approximate surface area is 121 Å². The van der Waals surface area contributed by atoms with Crippen molar-refractivity contribution in [2.24, 2.45) is 5.41 Å². The minimum Gasteiger partial charge on any atom is -0.481 e. The minimum atomic E-state index is -0.695. The quantitative estimate of drug-likeness (QED) is 0.700. The molecule has 5 nitrogen and oxygen atoms in total. The van der Waals surface area contributed by atoms with Gasteiger partial charge < -0.3 is 10.4 Å². The molecule has 1 heterocycles. The van der Waals surface area contributed by atoms with Crippen molar-refractivity contribution >= 4 is 11.9 Å². The molecule has 1 fully saturated rings. The predicted octanol–water partition coefficient (Wildman–Crippen LogP) is 1.87. The molecule has 1 rings (SSSR count). The van der Waals surface area contributed by atoms with Gasteiger partial charge in [-0.3, -0.25) is 14.5 Å². The van der Waals surface area contributed by atoms with Gasteiger partial charge in [0.2, 0.25) is 5.91 Å². The van der Waals surface area contributed by atoms with E-state index in [1.807, 2.05) is 13.8 Å². The van der Waals surface area contributed by atoms with Crippen LogP contribution in [0.4, 0.5) is 0 Å². The lowest BCUT2D eigenvalue weighted by Gasteiger charge is -2.40. The van der Waals surface area contributed by atoms with Crippen LogP contribution in [0.1, 0.15) is 52.9 Å². The molecule has 0 saturated carbocycles. The van der Waals surface area contributed by atoms with Gasteiger partial charge in [0, 0.05) is 19.6 Å². The van der Waals surface area contributed by atoms with Crippen molar-refractivity contribution in [3.63, 3.8) is 0 Å². The first kappa shape index (κ1) is 17.0. The third-order valence-electron chi connectivity index (χ3n) is 4.64. The molecular weight excluding hydrogens is 256 g/mol. The summed E-state index contributed by atoms with van der Waals surface area (Å²) in [5.74, 6) is -0.641. The molecule has 1 aliphatic heterocycles. The molecule has 0 bridgehead atoms. The highest BCUT2D eigenvalue weighted by Crippen LogP contribution is 2.35. The number of carboxylic acids is 1. The van der Waals surface area contributed by atoms with Gasteiger partial charge in [-0.25, -0.2) is 0 Å². The van der Waals surface area contributed by atoms with Crippen molar-refractivity contribution in [2.45, 2.75) is 58.9 Å². The van der Waals surface area contributed by atoms with E-state index in [0.29, 0.717) is 32.4 Å². The van der Waals surface area contributed by atoms with E-state index in [1.54, 1.807) is 0 Å². The fourth-order valence-corrected chi connectivity index (χ4v) is 2.76. The highest BCUT2D eigenvalue weighted by Gasteiger charge is 2.41. The van der Waals surface area contributed by atoms with E-state index in [0.717, 1.165) is 19.4 Å². The molecule has 5 heteroatoms. The van der Waals surface area contributed by atoms with E-state index in [9.17, 15) is 14.7 Å². The van der Waals surface area contributed by atoms with Gasteiger partial charge in [-0.1, -0.05) is 20.3 Å². The van der Waals surface area contributed by atoms with Crippen molar-refractivity contribution in [1.82, 2.24) is 10.2 Å². The van der Waals surface area contributed by atoms with E-state index in [1.165, 1.54) is 0 Å². The van der Waals surface area contributed by atoms with Crippen LogP contribution in [0.25, 0.3) is 0 Å². The van der Waals surface area contributed by atoms with Crippen molar-refractivity contribution in [3.8, 4) is 0 Å². The molecule has 0 spiro atoms. The Balaban J connectivity index is 2.48. The number of likely N-dealkylation sites (tertiary alicyclic amines) is 1. The zero-order valence-corrected chi connectivity index (χ0v) is 12.9. The van der Waals surface area contributed by atoms with Crippen molar-refractivity contribution in [3.05, 3.63) is 0 Å². The van der Waals surface area contributed by atoms with E-state index in [2.05, 4.69) is 17.1 Å². The third kappa shape index (κ3) is 3.95. The molecule has 0 aromatic rings. The lowest BCUT2D eigenvalue weighted by atomic mass is 9.76. The molecule has 0 aromatic heterocycles. The maximum absolute atomic E-state index is 12.0. The van der Waals surface area contributed by atoms with Gasteiger partial charge >= 0.3 is 5.97 Å². The van der Waals surface area contributed by atoms with E-state index >= 15 is 0 Å². The van der Waals surface area contributed by atoms with Gasteiger partial charge in [-0.2, -0.15) is 0 Å². The topological polar surface area (TPSA) is 69.6 Å². The molecule has 116 valence electrons. The largest absolute Gasteiger partial charge is 0.481 e. The van der Waals surface area contributed by atoms with Crippen LogP contribution in [-0.4, -0.2) is 47.6 Å². The van der Waals surface area contributed by atoms with Crippen molar-refractivity contribution in [2.75, 3.05) is 19.6 Å². The summed E-state index contributed by atoms with van der Waals surface area (Å²) < 4.78 is 0. The Morgan fingerprint density at radius 2 is 1.90 bits per heavy atom. The summed E-state index contributed by atoms with van der Waals surface area (Å²) >= 11 is 0. The van der Waals surface area contributed by atoms with E-state index in [4.69, 9.17) is 0 Å². The van der Waals surface area contributed by atoms with Gasteiger partial charge in [0.1, 0.15) is 0 Å². The molecule has 2 N–H and O–H groups in total. The van der Waals surface area contributed by atoms with Gasteiger partial charge in [0.15, 0.2) is 0 Å². The van der Waals surface area contributed by atoms with Gasteiger partial charge in [0.05, 0.1) is 11.5 Å². The zero-order chi connectivity index (χ0) is 15.2.